The number of hydrogen-bond acceptors (Lipinski definition) is 3. The van der Waals surface area contributed by atoms with E-state index in [-0.39, 0.29) is 0 Å². The van der Waals surface area contributed by atoms with Gasteiger partial charge in [0.05, 0.1) is 15.7 Å². The van der Waals surface area contributed by atoms with Gasteiger partial charge in [-0.15, -0.1) is 0 Å². The maximum atomic E-state index is 6.04. The quantitative estimate of drug-likeness (QED) is 0.567. The molecule has 0 spiro atoms. The number of rotatable bonds is 9. The number of benzene rings is 1. The van der Waals surface area contributed by atoms with Crippen molar-refractivity contribution in [2.24, 2.45) is 0 Å². The van der Waals surface area contributed by atoms with E-state index in [1.165, 1.54) is 0 Å². The molecule has 3 nitrogen and oxygen atoms in total. The lowest BCUT2D eigenvalue weighted by Crippen LogP contribution is -2.25. The van der Waals surface area contributed by atoms with E-state index in [1.54, 1.807) is 6.07 Å². The van der Waals surface area contributed by atoms with Gasteiger partial charge in [-0.2, -0.15) is 0 Å². The van der Waals surface area contributed by atoms with Gasteiger partial charge < -0.3 is 10.2 Å². The number of halogens is 2. The van der Waals surface area contributed by atoms with Gasteiger partial charge >= 0.3 is 0 Å². The van der Waals surface area contributed by atoms with Crippen molar-refractivity contribution in [3.8, 4) is 0 Å². The number of anilines is 1. The van der Waals surface area contributed by atoms with Crippen molar-refractivity contribution in [2.45, 2.75) is 20.3 Å². The van der Waals surface area contributed by atoms with Crippen molar-refractivity contribution in [3.63, 3.8) is 0 Å². The van der Waals surface area contributed by atoms with Gasteiger partial charge in [-0.25, -0.2) is 0 Å². The summed E-state index contributed by atoms with van der Waals surface area (Å²) in [5.74, 6) is 0. The van der Waals surface area contributed by atoms with Gasteiger partial charge in [0.2, 0.25) is 0 Å². The summed E-state index contributed by atoms with van der Waals surface area (Å²) in [6.07, 6.45) is 6.90. The molecule has 0 aliphatic heterocycles. The largest absolute Gasteiger partial charge is 0.385 e. The van der Waals surface area contributed by atoms with Crippen molar-refractivity contribution >= 4 is 41.0 Å². The Morgan fingerprint density at radius 3 is 2.56 bits per heavy atom. The molecule has 0 bridgehead atoms. The molecular weight excluding hydrogens is 353 g/mol. The lowest BCUT2D eigenvalue weighted by molar-refractivity contribution is 0.303. The first-order valence-electron chi connectivity index (χ1n) is 8.67. The van der Waals surface area contributed by atoms with Gasteiger partial charge in [-0.1, -0.05) is 49.2 Å². The lowest BCUT2D eigenvalue weighted by Gasteiger charge is -2.17. The molecule has 0 fully saturated rings. The summed E-state index contributed by atoms with van der Waals surface area (Å²) in [4.78, 5) is 6.81. The molecule has 0 aliphatic rings. The van der Waals surface area contributed by atoms with Crippen LogP contribution in [0.4, 0.5) is 5.69 Å². The SMILES string of the molecule is CCN(CC)CCCNc1ccnc(/C=C/c2ccc(Cl)c(Cl)c2)c1. The highest BCUT2D eigenvalue weighted by molar-refractivity contribution is 6.42. The van der Waals surface area contributed by atoms with Crippen LogP contribution in [-0.2, 0) is 0 Å². The summed E-state index contributed by atoms with van der Waals surface area (Å²) in [6, 6.07) is 9.61. The Labute approximate surface area is 160 Å². The van der Waals surface area contributed by atoms with E-state index in [1.807, 2.05) is 42.6 Å². The highest BCUT2D eigenvalue weighted by Crippen LogP contribution is 2.23. The molecule has 2 aromatic rings. The highest BCUT2D eigenvalue weighted by atomic mass is 35.5. The maximum absolute atomic E-state index is 6.04. The van der Waals surface area contributed by atoms with Gasteiger partial charge in [0.25, 0.3) is 0 Å². The molecular formula is C20H25Cl2N3. The third-order valence-electron chi connectivity index (χ3n) is 4.05. The molecule has 0 radical (unpaired) electrons. The van der Waals surface area contributed by atoms with Crippen molar-refractivity contribution in [2.75, 3.05) is 31.5 Å². The molecule has 134 valence electrons. The Bertz CT molecular complexity index is 697. The van der Waals surface area contributed by atoms with Crippen molar-refractivity contribution in [3.05, 3.63) is 57.8 Å². The molecule has 1 N–H and O–H groups in total. The van der Waals surface area contributed by atoms with Crippen LogP contribution in [0.25, 0.3) is 12.2 Å². The predicted octanol–water partition coefficient (Wildman–Crippen LogP) is 5.70. The Kier molecular flexibility index (Phi) is 8.26. The Balaban J connectivity index is 1.90. The first-order chi connectivity index (χ1) is 12.1. The van der Waals surface area contributed by atoms with E-state index >= 15 is 0 Å². The Morgan fingerprint density at radius 1 is 1.04 bits per heavy atom. The molecule has 0 saturated heterocycles. The fraction of sp³-hybridized carbons (Fsp3) is 0.350. The van der Waals surface area contributed by atoms with E-state index in [4.69, 9.17) is 23.2 Å². The number of pyridine rings is 1. The fourth-order valence-electron chi connectivity index (χ4n) is 2.52. The van der Waals surface area contributed by atoms with E-state index in [0.29, 0.717) is 10.0 Å². The van der Waals surface area contributed by atoms with Crippen LogP contribution < -0.4 is 5.32 Å². The minimum Gasteiger partial charge on any atom is -0.385 e. The van der Waals surface area contributed by atoms with Gasteiger partial charge in [-0.05, 0) is 62.0 Å². The van der Waals surface area contributed by atoms with Crippen LogP contribution in [0.15, 0.2) is 36.5 Å². The zero-order chi connectivity index (χ0) is 18.1. The molecule has 0 saturated carbocycles. The number of hydrogen-bond donors (Lipinski definition) is 1. The number of aromatic nitrogens is 1. The van der Waals surface area contributed by atoms with Gasteiger partial charge in [0.15, 0.2) is 0 Å². The summed E-state index contributed by atoms with van der Waals surface area (Å²) in [7, 11) is 0. The zero-order valence-electron chi connectivity index (χ0n) is 14.8. The van der Waals surface area contributed by atoms with Crippen LogP contribution in [0.5, 0.6) is 0 Å². The molecule has 1 aromatic heterocycles. The third kappa shape index (κ3) is 6.69. The van der Waals surface area contributed by atoms with Crippen LogP contribution >= 0.6 is 23.2 Å². The van der Waals surface area contributed by atoms with E-state index in [2.05, 4.69) is 29.0 Å². The number of nitrogens with zero attached hydrogens (tertiary/aromatic N) is 2. The van der Waals surface area contributed by atoms with Crippen LogP contribution in [-0.4, -0.2) is 36.1 Å². The van der Waals surface area contributed by atoms with Crippen LogP contribution in [0.3, 0.4) is 0 Å². The molecule has 0 aliphatic carbocycles. The Hall–Kier alpha value is -1.55. The second-order valence-corrected chi connectivity index (χ2v) is 6.60. The molecule has 0 amide bonds. The van der Waals surface area contributed by atoms with Crippen LogP contribution in [0.2, 0.25) is 10.0 Å². The number of nitrogens with one attached hydrogen (secondary N) is 1. The fourth-order valence-corrected chi connectivity index (χ4v) is 2.83. The van der Waals surface area contributed by atoms with Crippen molar-refractivity contribution < 1.29 is 0 Å². The average molecular weight is 378 g/mol. The van der Waals surface area contributed by atoms with Gasteiger partial charge in [0.1, 0.15) is 0 Å². The monoisotopic (exact) mass is 377 g/mol. The van der Waals surface area contributed by atoms with Crippen molar-refractivity contribution in [1.29, 1.82) is 0 Å². The van der Waals surface area contributed by atoms with E-state index in [0.717, 1.165) is 49.5 Å². The maximum Gasteiger partial charge on any atom is 0.0650 e. The summed E-state index contributed by atoms with van der Waals surface area (Å²) in [5.41, 5.74) is 2.98. The average Bonchev–Trinajstić information content (AvgIpc) is 2.63. The molecule has 5 heteroatoms. The minimum atomic E-state index is 0.556. The van der Waals surface area contributed by atoms with Gasteiger partial charge in [0, 0.05) is 18.4 Å². The smallest absolute Gasteiger partial charge is 0.0650 e. The van der Waals surface area contributed by atoms with Crippen LogP contribution in [0, 0.1) is 0 Å². The molecule has 1 aromatic carbocycles. The summed E-state index contributed by atoms with van der Waals surface area (Å²) < 4.78 is 0. The summed E-state index contributed by atoms with van der Waals surface area (Å²) in [5, 5.41) is 4.58. The van der Waals surface area contributed by atoms with E-state index < -0.39 is 0 Å². The van der Waals surface area contributed by atoms with Gasteiger partial charge in [-0.3, -0.25) is 4.98 Å². The molecule has 25 heavy (non-hydrogen) atoms. The highest BCUT2D eigenvalue weighted by Gasteiger charge is 2.00. The zero-order valence-corrected chi connectivity index (χ0v) is 16.3. The first kappa shape index (κ1) is 19.8. The molecule has 1 heterocycles. The molecule has 0 atom stereocenters. The second kappa shape index (κ2) is 10.4. The molecule has 0 unspecified atom stereocenters. The minimum absolute atomic E-state index is 0.556. The topological polar surface area (TPSA) is 28.2 Å². The van der Waals surface area contributed by atoms with Crippen LogP contribution in [0.1, 0.15) is 31.5 Å². The second-order valence-electron chi connectivity index (χ2n) is 5.78. The van der Waals surface area contributed by atoms with Crippen molar-refractivity contribution in [1.82, 2.24) is 9.88 Å². The molecule has 2 rings (SSSR count). The summed E-state index contributed by atoms with van der Waals surface area (Å²) >= 11 is 12.0. The Morgan fingerprint density at radius 2 is 1.84 bits per heavy atom. The lowest BCUT2D eigenvalue weighted by atomic mass is 10.2. The summed E-state index contributed by atoms with van der Waals surface area (Å²) in [6.45, 7) is 8.69. The first-order valence-corrected chi connectivity index (χ1v) is 9.43. The predicted molar refractivity (Wildman–Crippen MR) is 111 cm³/mol. The third-order valence-corrected chi connectivity index (χ3v) is 4.78. The van der Waals surface area contributed by atoms with E-state index in [9.17, 15) is 0 Å². The standard InChI is InChI=1S/C20H25Cl2N3/c1-3-25(4-2)13-5-11-23-18-10-12-24-17(15-18)8-6-16-7-9-19(21)20(22)14-16/h6-10,12,14-15H,3-5,11,13H2,1-2H3,(H,23,24)/b8-6+. The normalized spacial score (nSPS) is 11.4.